The predicted molar refractivity (Wildman–Crippen MR) is 134 cm³/mol. The third-order valence-corrected chi connectivity index (χ3v) is 8.35. The summed E-state index contributed by atoms with van der Waals surface area (Å²) in [6.45, 7) is -0.633. The molecule has 1 aromatic heterocycles. The van der Waals surface area contributed by atoms with Crippen molar-refractivity contribution in [2.45, 2.75) is 23.8 Å². The van der Waals surface area contributed by atoms with Crippen LogP contribution in [0.2, 0.25) is 0 Å². The molecule has 194 valence electrons. The SMILES string of the molecule is Cn1c(N)c(C(=O)COC(=O)C[C@H]2c3ccccc3CCN2S(=O)(=O)c2ccccc2)c(=O)n(C)c1=O. The van der Waals surface area contributed by atoms with Crippen LogP contribution in [-0.2, 0) is 40.1 Å². The molecule has 0 saturated heterocycles. The number of carbonyl (C=O) groups is 2. The molecule has 1 aliphatic rings. The lowest BCUT2D eigenvalue weighted by Gasteiger charge is -2.36. The topological polar surface area (TPSA) is 151 Å². The Hall–Kier alpha value is -4.03. The summed E-state index contributed by atoms with van der Waals surface area (Å²) in [6, 6.07) is 14.3. The van der Waals surface area contributed by atoms with Gasteiger partial charge in [0.25, 0.3) is 5.56 Å². The molecule has 0 unspecified atom stereocenters. The van der Waals surface area contributed by atoms with Gasteiger partial charge in [-0.1, -0.05) is 42.5 Å². The Kier molecular flexibility index (Phi) is 7.14. The van der Waals surface area contributed by atoms with E-state index in [1.165, 1.54) is 30.5 Å². The third kappa shape index (κ3) is 4.85. The summed E-state index contributed by atoms with van der Waals surface area (Å²) in [4.78, 5) is 50.1. The van der Waals surface area contributed by atoms with Crippen LogP contribution in [0.5, 0.6) is 0 Å². The number of nitrogens with zero attached hydrogens (tertiary/aromatic N) is 3. The maximum atomic E-state index is 13.4. The van der Waals surface area contributed by atoms with Crippen LogP contribution in [0, 0.1) is 0 Å². The van der Waals surface area contributed by atoms with Gasteiger partial charge in [-0.05, 0) is 29.7 Å². The quantitative estimate of drug-likeness (QED) is 0.350. The second-order valence-electron chi connectivity index (χ2n) is 8.65. The smallest absolute Gasteiger partial charge is 0.332 e. The van der Waals surface area contributed by atoms with Crippen molar-refractivity contribution in [1.82, 2.24) is 13.4 Å². The number of sulfonamides is 1. The van der Waals surface area contributed by atoms with Crippen LogP contribution < -0.4 is 17.0 Å². The van der Waals surface area contributed by atoms with E-state index in [0.717, 1.165) is 14.7 Å². The minimum absolute atomic E-state index is 0.101. The number of esters is 1. The largest absolute Gasteiger partial charge is 0.457 e. The van der Waals surface area contributed by atoms with E-state index in [-0.39, 0.29) is 23.7 Å². The van der Waals surface area contributed by atoms with Crippen LogP contribution in [0.1, 0.15) is 33.9 Å². The average Bonchev–Trinajstić information content (AvgIpc) is 2.90. The summed E-state index contributed by atoms with van der Waals surface area (Å²) in [6.07, 6.45) is 0.124. The molecule has 0 aliphatic carbocycles. The first-order chi connectivity index (χ1) is 17.5. The monoisotopic (exact) mass is 526 g/mol. The Bertz CT molecular complexity index is 1590. The van der Waals surface area contributed by atoms with Gasteiger partial charge in [-0.25, -0.2) is 13.2 Å². The third-order valence-electron chi connectivity index (χ3n) is 6.43. The number of ketones is 1. The molecule has 0 bridgehead atoms. The highest BCUT2D eigenvalue weighted by Gasteiger charge is 2.38. The van der Waals surface area contributed by atoms with Crippen molar-refractivity contribution >= 4 is 27.6 Å². The number of anilines is 1. The highest BCUT2D eigenvalue weighted by molar-refractivity contribution is 7.89. The predicted octanol–water partition coefficient (Wildman–Crippen LogP) is 0.770. The molecule has 3 aromatic rings. The fraction of sp³-hybridized carbons (Fsp3) is 0.280. The molecule has 0 amide bonds. The molecule has 12 heteroatoms. The maximum absolute atomic E-state index is 13.4. The first-order valence-electron chi connectivity index (χ1n) is 11.4. The first-order valence-corrected chi connectivity index (χ1v) is 12.9. The Morgan fingerprint density at radius 3 is 2.35 bits per heavy atom. The van der Waals surface area contributed by atoms with Gasteiger partial charge in [0.1, 0.15) is 11.4 Å². The minimum Gasteiger partial charge on any atom is -0.457 e. The van der Waals surface area contributed by atoms with Crippen LogP contribution in [0.15, 0.2) is 69.1 Å². The molecule has 2 heterocycles. The van der Waals surface area contributed by atoms with Crippen molar-refractivity contribution in [1.29, 1.82) is 0 Å². The number of aromatic nitrogens is 2. The van der Waals surface area contributed by atoms with Crippen molar-refractivity contribution in [2.75, 3.05) is 18.9 Å². The number of hydrogen-bond acceptors (Lipinski definition) is 8. The van der Waals surface area contributed by atoms with Gasteiger partial charge in [-0.15, -0.1) is 0 Å². The van der Waals surface area contributed by atoms with E-state index in [2.05, 4.69) is 0 Å². The van der Waals surface area contributed by atoms with E-state index in [9.17, 15) is 27.6 Å². The number of hydrogen-bond donors (Lipinski definition) is 1. The van der Waals surface area contributed by atoms with Gasteiger partial charge in [0.05, 0.1) is 17.4 Å². The number of fused-ring (bicyclic) bond motifs is 1. The van der Waals surface area contributed by atoms with E-state index < -0.39 is 51.2 Å². The highest BCUT2D eigenvalue weighted by Crippen LogP contribution is 2.36. The van der Waals surface area contributed by atoms with Crippen molar-refractivity contribution < 1.29 is 22.7 Å². The lowest BCUT2D eigenvalue weighted by Crippen LogP contribution is -2.42. The van der Waals surface area contributed by atoms with Crippen LogP contribution >= 0.6 is 0 Å². The lowest BCUT2D eigenvalue weighted by molar-refractivity contribution is -0.143. The average molecular weight is 527 g/mol. The van der Waals surface area contributed by atoms with Crippen LogP contribution in [-0.4, -0.2) is 46.8 Å². The molecular weight excluding hydrogens is 500 g/mol. The van der Waals surface area contributed by atoms with Crippen LogP contribution in [0.3, 0.4) is 0 Å². The molecule has 37 heavy (non-hydrogen) atoms. The first kappa shape index (κ1) is 26.0. The number of nitrogen functional groups attached to an aromatic ring is 1. The Labute approximate surface area is 212 Å². The second kappa shape index (κ2) is 10.1. The summed E-state index contributed by atoms with van der Waals surface area (Å²) in [5, 5.41) is 0. The van der Waals surface area contributed by atoms with Gasteiger partial charge in [0.2, 0.25) is 15.8 Å². The molecule has 2 N–H and O–H groups in total. The van der Waals surface area contributed by atoms with E-state index in [1.807, 2.05) is 12.1 Å². The van der Waals surface area contributed by atoms with Gasteiger partial charge >= 0.3 is 11.7 Å². The molecule has 4 rings (SSSR count). The zero-order valence-corrected chi connectivity index (χ0v) is 21.1. The molecule has 2 aromatic carbocycles. The molecule has 0 spiro atoms. The lowest BCUT2D eigenvalue weighted by atomic mass is 9.92. The molecule has 1 atom stereocenters. The van der Waals surface area contributed by atoms with Gasteiger partial charge in [0.15, 0.2) is 6.61 Å². The van der Waals surface area contributed by atoms with E-state index in [4.69, 9.17) is 10.5 Å². The normalized spacial score (nSPS) is 15.7. The molecule has 0 saturated carbocycles. The summed E-state index contributed by atoms with van der Waals surface area (Å²) in [7, 11) is -1.42. The Morgan fingerprint density at radius 1 is 1.00 bits per heavy atom. The standard InChI is InChI=1S/C25H26N4O7S/c1-27-23(26)22(24(32)28(2)25(27)33)20(30)15-36-21(31)14-19-18-11-7-6-8-16(18)12-13-29(19)37(34,35)17-9-4-3-5-10-17/h3-11,19H,12-15,26H2,1-2H3/t19-/m0/s1. The molecule has 11 nitrogen and oxygen atoms in total. The van der Waals surface area contributed by atoms with Crippen LogP contribution in [0.25, 0.3) is 0 Å². The number of rotatable bonds is 7. The fourth-order valence-corrected chi connectivity index (χ4v) is 6.04. The fourth-order valence-electron chi connectivity index (χ4n) is 4.41. The van der Waals surface area contributed by atoms with E-state index in [0.29, 0.717) is 12.0 Å². The number of ether oxygens (including phenoxy) is 1. The Morgan fingerprint density at radius 2 is 1.65 bits per heavy atom. The summed E-state index contributed by atoms with van der Waals surface area (Å²) in [5.41, 5.74) is 5.32. The number of nitrogens with two attached hydrogens (primary N) is 1. The summed E-state index contributed by atoms with van der Waals surface area (Å²) < 4.78 is 35.0. The second-order valence-corrected chi connectivity index (χ2v) is 10.5. The molecule has 1 aliphatic heterocycles. The van der Waals surface area contributed by atoms with Crippen molar-refractivity contribution in [3.05, 3.63) is 92.1 Å². The number of Topliss-reactive ketones (excluding diaryl/α,β-unsaturated/α-hetero) is 1. The number of benzene rings is 2. The zero-order chi connectivity index (χ0) is 26.9. The zero-order valence-electron chi connectivity index (χ0n) is 20.3. The maximum Gasteiger partial charge on any atom is 0.332 e. The highest BCUT2D eigenvalue weighted by atomic mass is 32.2. The summed E-state index contributed by atoms with van der Waals surface area (Å²) >= 11 is 0. The van der Waals surface area contributed by atoms with Gasteiger partial charge in [0, 0.05) is 20.6 Å². The molecular formula is C25H26N4O7S. The molecule has 0 fully saturated rings. The van der Waals surface area contributed by atoms with E-state index in [1.54, 1.807) is 30.3 Å². The van der Waals surface area contributed by atoms with Gasteiger partial charge < -0.3 is 10.5 Å². The number of carbonyl (C=O) groups excluding carboxylic acids is 2. The van der Waals surface area contributed by atoms with Crippen molar-refractivity contribution in [2.24, 2.45) is 14.1 Å². The van der Waals surface area contributed by atoms with Gasteiger partial charge in [-0.3, -0.25) is 23.5 Å². The van der Waals surface area contributed by atoms with Gasteiger partial charge in [-0.2, -0.15) is 4.31 Å². The van der Waals surface area contributed by atoms with Crippen molar-refractivity contribution in [3.63, 3.8) is 0 Å². The minimum atomic E-state index is -3.93. The van der Waals surface area contributed by atoms with E-state index >= 15 is 0 Å². The summed E-state index contributed by atoms with van der Waals surface area (Å²) in [5.74, 6) is -2.04. The van der Waals surface area contributed by atoms with Crippen LogP contribution in [0.4, 0.5) is 5.82 Å². The Balaban J connectivity index is 1.58. The van der Waals surface area contributed by atoms with Crippen molar-refractivity contribution in [3.8, 4) is 0 Å². The molecule has 0 radical (unpaired) electrons.